The van der Waals surface area contributed by atoms with Crippen LogP contribution < -0.4 is 10.1 Å². The summed E-state index contributed by atoms with van der Waals surface area (Å²) in [4.78, 5) is 26.8. The normalized spacial score (nSPS) is 15.2. The Morgan fingerprint density at radius 1 is 1.34 bits per heavy atom. The van der Waals surface area contributed by atoms with Gasteiger partial charge < -0.3 is 10.1 Å². The smallest absolute Gasteiger partial charge is 0.266 e. The summed E-state index contributed by atoms with van der Waals surface area (Å²) in [5.74, 6) is 1.21. The number of hydrogen-bond donors (Lipinski definition) is 1. The molecule has 2 heterocycles. The van der Waals surface area contributed by atoms with Crippen LogP contribution in [-0.2, 0) is 9.59 Å². The third-order valence-corrected chi connectivity index (χ3v) is 7.00. The van der Waals surface area contributed by atoms with Crippen molar-refractivity contribution in [2.45, 2.75) is 17.7 Å². The van der Waals surface area contributed by atoms with E-state index in [1.807, 2.05) is 31.2 Å². The Balaban J connectivity index is 1.56. The summed E-state index contributed by atoms with van der Waals surface area (Å²) >= 11 is 9.45. The SMILES string of the molecule is CCSc1nnc(NC(=O)CCN2C(=O)/C(=C/c3ccc(OC)cc3)SC2=S)s1. The van der Waals surface area contributed by atoms with Gasteiger partial charge in [0.15, 0.2) is 4.34 Å². The zero-order chi connectivity index (χ0) is 20.8. The number of methoxy groups -OCH3 is 1. The molecule has 0 spiro atoms. The third-order valence-electron chi connectivity index (χ3n) is 3.77. The predicted octanol–water partition coefficient (Wildman–Crippen LogP) is 3.89. The summed E-state index contributed by atoms with van der Waals surface area (Å²) in [5, 5.41) is 11.1. The van der Waals surface area contributed by atoms with Crippen LogP contribution in [0.3, 0.4) is 0 Å². The molecule has 2 aromatic rings. The van der Waals surface area contributed by atoms with E-state index in [0.29, 0.717) is 14.4 Å². The highest BCUT2D eigenvalue weighted by Gasteiger charge is 2.32. The topological polar surface area (TPSA) is 84.4 Å². The van der Waals surface area contributed by atoms with Crippen LogP contribution in [0.2, 0.25) is 0 Å². The molecule has 1 fully saturated rings. The fourth-order valence-electron chi connectivity index (χ4n) is 2.38. The molecule has 1 aliphatic rings. The minimum atomic E-state index is -0.234. The van der Waals surface area contributed by atoms with Crippen molar-refractivity contribution in [3.63, 3.8) is 0 Å². The number of thiocarbonyl (C=S) groups is 1. The van der Waals surface area contributed by atoms with E-state index in [1.54, 1.807) is 24.9 Å². The standard InChI is InChI=1S/C18H18N4O3S4/c1-3-27-17-21-20-16(29-17)19-14(23)8-9-22-15(24)13(28-18(22)26)10-11-4-6-12(25-2)7-5-11/h4-7,10H,3,8-9H2,1-2H3,(H,19,20,23)/b13-10-. The van der Waals surface area contributed by atoms with Crippen LogP contribution in [0.4, 0.5) is 5.13 Å². The van der Waals surface area contributed by atoms with Crippen LogP contribution >= 0.6 is 47.1 Å². The Hall–Kier alpha value is -1.95. The molecule has 11 heteroatoms. The molecule has 0 unspecified atom stereocenters. The van der Waals surface area contributed by atoms with Crippen LogP contribution in [0.5, 0.6) is 5.75 Å². The zero-order valence-corrected chi connectivity index (χ0v) is 19.0. The van der Waals surface area contributed by atoms with E-state index in [9.17, 15) is 9.59 Å². The van der Waals surface area contributed by atoms with E-state index in [0.717, 1.165) is 21.4 Å². The number of thioether (sulfide) groups is 2. The fraction of sp³-hybridized carbons (Fsp3) is 0.278. The van der Waals surface area contributed by atoms with E-state index in [4.69, 9.17) is 17.0 Å². The van der Waals surface area contributed by atoms with Gasteiger partial charge >= 0.3 is 0 Å². The van der Waals surface area contributed by atoms with Gasteiger partial charge in [0.1, 0.15) is 10.1 Å². The van der Waals surface area contributed by atoms with E-state index in [1.165, 1.54) is 28.0 Å². The molecule has 0 aliphatic carbocycles. The van der Waals surface area contributed by atoms with Crippen molar-refractivity contribution in [1.29, 1.82) is 0 Å². The number of ether oxygens (including phenoxy) is 1. The Bertz CT molecular complexity index is 943. The van der Waals surface area contributed by atoms with Gasteiger partial charge in [-0.3, -0.25) is 14.5 Å². The van der Waals surface area contributed by atoms with Crippen LogP contribution in [0, 0.1) is 0 Å². The molecule has 2 amide bonds. The molecule has 0 radical (unpaired) electrons. The predicted molar refractivity (Wildman–Crippen MR) is 122 cm³/mol. The molecular weight excluding hydrogens is 448 g/mol. The molecule has 1 N–H and O–H groups in total. The number of rotatable bonds is 8. The van der Waals surface area contributed by atoms with Gasteiger partial charge in [-0.15, -0.1) is 10.2 Å². The molecule has 0 atom stereocenters. The molecule has 3 rings (SSSR count). The van der Waals surface area contributed by atoms with Crippen molar-refractivity contribution < 1.29 is 14.3 Å². The average Bonchev–Trinajstić information content (AvgIpc) is 3.25. The van der Waals surface area contributed by atoms with Crippen LogP contribution in [0.15, 0.2) is 33.5 Å². The molecule has 0 saturated carbocycles. The lowest BCUT2D eigenvalue weighted by Crippen LogP contribution is -2.31. The lowest BCUT2D eigenvalue weighted by molar-refractivity contribution is -0.122. The first-order valence-corrected chi connectivity index (χ1v) is 11.7. The van der Waals surface area contributed by atoms with Crippen molar-refractivity contribution in [3.05, 3.63) is 34.7 Å². The molecule has 152 valence electrons. The highest BCUT2D eigenvalue weighted by molar-refractivity contribution is 8.26. The summed E-state index contributed by atoms with van der Waals surface area (Å²) in [6.07, 6.45) is 1.91. The van der Waals surface area contributed by atoms with Gasteiger partial charge in [-0.1, -0.05) is 66.1 Å². The second kappa shape index (κ2) is 10.2. The first kappa shape index (κ1) is 21.8. The minimum Gasteiger partial charge on any atom is -0.497 e. The van der Waals surface area contributed by atoms with Crippen molar-refractivity contribution in [2.24, 2.45) is 0 Å². The molecular formula is C18H18N4O3S4. The van der Waals surface area contributed by atoms with Gasteiger partial charge in [0.2, 0.25) is 11.0 Å². The number of nitrogens with one attached hydrogen (secondary N) is 1. The number of amides is 2. The Kier molecular flexibility index (Phi) is 7.64. The van der Waals surface area contributed by atoms with E-state index in [2.05, 4.69) is 15.5 Å². The lowest BCUT2D eigenvalue weighted by Gasteiger charge is -2.13. The monoisotopic (exact) mass is 466 g/mol. The molecule has 0 bridgehead atoms. The number of carbonyl (C=O) groups is 2. The van der Waals surface area contributed by atoms with Gasteiger partial charge in [-0.25, -0.2) is 0 Å². The Labute approximate surface area is 186 Å². The summed E-state index contributed by atoms with van der Waals surface area (Å²) in [6, 6.07) is 7.39. The largest absolute Gasteiger partial charge is 0.497 e. The summed E-state index contributed by atoms with van der Waals surface area (Å²) < 4.78 is 6.39. The molecule has 1 aromatic heterocycles. The van der Waals surface area contributed by atoms with Gasteiger partial charge in [0.25, 0.3) is 5.91 Å². The average molecular weight is 467 g/mol. The number of carbonyl (C=O) groups excluding carboxylic acids is 2. The summed E-state index contributed by atoms with van der Waals surface area (Å²) in [7, 11) is 1.60. The maximum Gasteiger partial charge on any atom is 0.266 e. The van der Waals surface area contributed by atoms with E-state index < -0.39 is 0 Å². The van der Waals surface area contributed by atoms with Crippen LogP contribution in [0.25, 0.3) is 6.08 Å². The zero-order valence-electron chi connectivity index (χ0n) is 15.7. The number of nitrogens with zero attached hydrogens (tertiary/aromatic N) is 3. The van der Waals surface area contributed by atoms with Crippen molar-refractivity contribution >= 4 is 74.4 Å². The van der Waals surface area contributed by atoms with Gasteiger partial charge in [-0.05, 0) is 29.5 Å². The summed E-state index contributed by atoms with van der Waals surface area (Å²) in [5.41, 5.74) is 0.876. The Morgan fingerprint density at radius 2 is 2.10 bits per heavy atom. The summed E-state index contributed by atoms with van der Waals surface area (Å²) in [6.45, 7) is 2.24. The molecule has 1 saturated heterocycles. The molecule has 1 aliphatic heterocycles. The van der Waals surface area contributed by atoms with E-state index >= 15 is 0 Å². The number of anilines is 1. The van der Waals surface area contributed by atoms with Crippen molar-refractivity contribution in [3.8, 4) is 5.75 Å². The highest BCUT2D eigenvalue weighted by atomic mass is 32.2. The number of aromatic nitrogens is 2. The second-order valence-electron chi connectivity index (χ2n) is 5.71. The second-order valence-corrected chi connectivity index (χ2v) is 9.88. The third kappa shape index (κ3) is 5.78. The van der Waals surface area contributed by atoms with Crippen LogP contribution in [0.1, 0.15) is 18.9 Å². The van der Waals surface area contributed by atoms with Gasteiger partial charge in [-0.2, -0.15) is 0 Å². The van der Waals surface area contributed by atoms with Crippen LogP contribution in [-0.4, -0.2) is 50.6 Å². The van der Waals surface area contributed by atoms with Gasteiger partial charge in [0.05, 0.1) is 12.0 Å². The van der Waals surface area contributed by atoms with Crippen molar-refractivity contribution in [2.75, 3.05) is 24.7 Å². The van der Waals surface area contributed by atoms with E-state index in [-0.39, 0.29) is 24.8 Å². The first-order valence-electron chi connectivity index (χ1n) is 8.65. The molecule has 29 heavy (non-hydrogen) atoms. The highest BCUT2D eigenvalue weighted by Crippen LogP contribution is 2.33. The lowest BCUT2D eigenvalue weighted by atomic mass is 10.2. The maximum absolute atomic E-state index is 12.7. The fourth-order valence-corrected chi connectivity index (χ4v) is 5.36. The first-order chi connectivity index (χ1) is 14.0. The Morgan fingerprint density at radius 3 is 2.79 bits per heavy atom. The quantitative estimate of drug-likeness (QED) is 0.271. The molecule has 1 aromatic carbocycles. The minimum absolute atomic E-state index is 0.123. The maximum atomic E-state index is 12.7. The van der Waals surface area contributed by atoms with Gasteiger partial charge in [0, 0.05) is 13.0 Å². The molecule has 7 nitrogen and oxygen atoms in total. The van der Waals surface area contributed by atoms with Crippen molar-refractivity contribution in [1.82, 2.24) is 15.1 Å². The number of benzene rings is 1. The number of hydrogen-bond acceptors (Lipinski definition) is 9.